The molecule has 0 atom stereocenters. The van der Waals surface area contributed by atoms with Crippen molar-refractivity contribution in [1.82, 2.24) is 4.90 Å². The number of hydrogen-bond donors (Lipinski definition) is 0. The monoisotopic (exact) mass is 265 g/mol. The Morgan fingerprint density at radius 1 is 1.16 bits per heavy atom. The topological polar surface area (TPSA) is 40.2 Å². The Bertz CT molecular complexity index is 418. The Balaban J connectivity index is 1.44. The predicted molar refractivity (Wildman–Crippen MR) is 69.5 cm³/mol. The van der Waals surface area contributed by atoms with Crippen molar-refractivity contribution >= 4 is 0 Å². The minimum Gasteiger partial charge on any atom is -0.454 e. The molecule has 0 saturated carbocycles. The van der Waals surface area contributed by atoms with E-state index < -0.39 is 0 Å². The van der Waals surface area contributed by atoms with Gasteiger partial charge in [0, 0.05) is 25.2 Å². The Labute approximate surface area is 113 Å². The van der Waals surface area contributed by atoms with Gasteiger partial charge >= 0.3 is 0 Å². The molecule has 5 nitrogen and oxygen atoms in total. The van der Waals surface area contributed by atoms with E-state index in [1.165, 1.54) is 0 Å². The first-order valence-corrected chi connectivity index (χ1v) is 6.69. The van der Waals surface area contributed by atoms with Gasteiger partial charge in [-0.2, -0.15) is 0 Å². The van der Waals surface area contributed by atoms with Crippen molar-refractivity contribution in [2.45, 2.75) is 6.61 Å². The van der Waals surface area contributed by atoms with Crippen LogP contribution < -0.4 is 9.47 Å². The van der Waals surface area contributed by atoms with Gasteiger partial charge in [-0.3, -0.25) is 4.90 Å². The fraction of sp³-hybridized carbons (Fsp3) is 0.571. The van der Waals surface area contributed by atoms with Crippen LogP contribution in [0, 0.1) is 0 Å². The Hall–Kier alpha value is -1.30. The summed E-state index contributed by atoms with van der Waals surface area (Å²) < 4.78 is 21.8. The van der Waals surface area contributed by atoms with Crippen molar-refractivity contribution in [3.05, 3.63) is 23.8 Å². The average Bonchev–Trinajstić information content (AvgIpc) is 2.94. The summed E-state index contributed by atoms with van der Waals surface area (Å²) in [6.07, 6.45) is 0. The van der Waals surface area contributed by atoms with Gasteiger partial charge in [0.15, 0.2) is 11.5 Å². The summed E-state index contributed by atoms with van der Waals surface area (Å²) in [5.41, 5.74) is 1.05. The third-order valence-corrected chi connectivity index (χ3v) is 3.39. The maximum atomic E-state index is 5.73. The lowest BCUT2D eigenvalue weighted by Crippen LogP contribution is -2.38. The SMILES string of the molecule is c1cc(COCCN2CCOCC2)c2c(c1)OCO2. The molecule has 0 radical (unpaired) electrons. The molecule has 3 rings (SSSR count). The van der Waals surface area contributed by atoms with Crippen LogP contribution in [-0.4, -0.2) is 51.1 Å². The quantitative estimate of drug-likeness (QED) is 0.750. The zero-order valence-electron chi connectivity index (χ0n) is 11.0. The highest BCUT2D eigenvalue weighted by molar-refractivity contribution is 5.47. The van der Waals surface area contributed by atoms with Crippen molar-refractivity contribution in [2.75, 3.05) is 46.2 Å². The lowest BCUT2D eigenvalue weighted by molar-refractivity contribution is 0.0178. The highest BCUT2D eigenvalue weighted by Crippen LogP contribution is 2.35. The van der Waals surface area contributed by atoms with Crippen LogP contribution in [0.2, 0.25) is 0 Å². The van der Waals surface area contributed by atoms with Gasteiger partial charge in [0.25, 0.3) is 0 Å². The third kappa shape index (κ3) is 3.18. The van der Waals surface area contributed by atoms with Gasteiger partial charge < -0.3 is 18.9 Å². The molecule has 5 heteroatoms. The van der Waals surface area contributed by atoms with Crippen LogP contribution in [-0.2, 0) is 16.1 Å². The van der Waals surface area contributed by atoms with E-state index in [-0.39, 0.29) is 0 Å². The maximum absolute atomic E-state index is 5.73. The molecule has 19 heavy (non-hydrogen) atoms. The molecular formula is C14H19NO4. The molecule has 2 heterocycles. The number of benzene rings is 1. The number of para-hydroxylation sites is 1. The molecular weight excluding hydrogens is 246 g/mol. The zero-order valence-corrected chi connectivity index (χ0v) is 11.0. The number of ether oxygens (including phenoxy) is 4. The lowest BCUT2D eigenvalue weighted by atomic mass is 10.2. The summed E-state index contributed by atoms with van der Waals surface area (Å²) in [5, 5.41) is 0. The molecule has 0 aromatic heterocycles. The van der Waals surface area contributed by atoms with Crippen LogP contribution in [0.15, 0.2) is 18.2 Å². The van der Waals surface area contributed by atoms with E-state index in [2.05, 4.69) is 4.90 Å². The lowest BCUT2D eigenvalue weighted by Gasteiger charge is -2.26. The maximum Gasteiger partial charge on any atom is 0.231 e. The second kappa shape index (κ2) is 6.23. The van der Waals surface area contributed by atoms with Crippen molar-refractivity contribution in [3.8, 4) is 11.5 Å². The number of hydrogen-bond acceptors (Lipinski definition) is 5. The summed E-state index contributed by atoms with van der Waals surface area (Å²) in [4.78, 5) is 2.36. The first kappa shape index (κ1) is 12.7. The van der Waals surface area contributed by atoms with E-state index in [1.807, 2.05) is 18.2 Å². The van der Waals surface area contributed by atoms with E-state index in [0.717, 1.165) is 56.5 Å². The second-order valence-electron chi connectivity index (χ2n) is 4.66. The van der Waals surface area contributed by atoms with Gasteiger partial charge in [-0.25, -0.2) is 0 Å². The average molecular weight is 265 g/mol. The fourth-order valence-electron chi connectivity index (χ4n) is 2.30. The van der Waals surface area contributed by atoms with Gasteiger partial charge in [0.05, 0.1) is 26.4 Å². The highest BCUT2D eigenvalue weighted by Gasteiger charge is 2.17. The molecule has 1 saturated heterocycles. The zero-order chi connectivity index (χ0) is 12.9. The first-order valence-electron chi connectivity index (χ1n) is 6.69. The number of nitrogens with zero attached hydrogens (tertiary/aromatic N) is 1. The molecule has 104 valence electrons. The van der Waals surface area contributed by atoms with E-state index in [0.29, 0.717) is 13.4 Å². The van der Waals surface area contributed by atoms with Crippen LogP contribution in [0.3, 0.4) is 0 Å². The predicted octanol–water partition coefficient (Wildman–Crippen LogP) is 1.26. The van der Waals surface area contributed by atoms with E-state index >= 15 is 0 Å². The Kier molecular flexibility index (Phi) is 4.17. The molecule has 0 N–H and O–H groups in total. The van der Waals surface area contributed by atoms with Crippen molar-refractivity contribution < 1.29 is 18.9 Å². The molecule has 0 spiro atoms. The molecule has 0 aliphatic carbocycles. The second-order valence-corrected chi connectivity index (χ2v) is 4.66. The number of fused-ring (bicyclic) bond motifs is 1. The number of morpholine rings is 1. The van der Waals surface area contributed by atoms with Crippen molar-refractivity contribution in [2.24, 2.45) is 0 Å². The molecule has 1 aromatic rings. The van der Waals surface area contributed by atoms with Gasteiger partial charge in [-0.15, -0.1) is 0 Å². The Morgan fingerprint density at radius 3 is 2.95 bits per heavy atom. The molecule has 0 amide bonds. The molecule has 1 aromatic carbocycles. The van der Waals surface area contributed by atoms with E-state index in [9.17, 15) is 0 Å². The van der Waals surface area contributed by atoms with Crippen LogP contribution in [0.25, 0.3) is 0 Å². The van der Waals surface area contributed by atoms with E-state index in [1.54, 1.807) is 0 Å². The molecule has 0 bridgehead atoms. The minimum absolute atomic E-state index is 0.306. The van der Waals surface area contributed by atoms with Gasteiger partial charge in [0.2, 0.25) is 6.79 Å². The number of rotatable bonds is 5. The van der Waals surface area contributed by atoms with Gasteiger partial charge in [-0.05, 0) is 6.07 Å². The van der Waals surface area contributed by atoms with Crippen molar-refractivity contribution in [1.29, 1.82) is 0 Å². The Morgan fingerprint density at radius 2 is 2.05 bits per heavy atom. The van der Waals surface area contributed by atoms with Crippen LogP contribution in [0.5, 0.6) is 11.5 Å². The summed E-state index contributed by atoms with van der Waals surface area (Å²) in [5.74, 6) is 1.64. The van der Waals surface area contributed by atoms with Crippen LogP contribution in [0.1, 0.15) is 5.56 Å². The minimum atomic E-state index is 0.306. The molecule has 2 aliphatic heterocycles. The standard InChI is InChI=1S/C14H19NO4/c1-2-12(14-13(3-1)18-11-19-14)10-17-9-6-15-4-7-16-8-5-15/h1-3H,4-11H2. The smallest absolute Gasteiger partial charge is 0.231 e. The molecule has 1 fully saturated rings. The van der Waals surface area contributed by atoms with Gasteiger partial charge in [-0.1, -0.05) is 12.1 Å². The third-order valence-electron chi connectivity index (χ3n) is 3.39. The molecule has 0 unspecified atom stereocenters. The summed E-state index contributed by atoms with van der Waals surface area (Å²) in [6, 6.07) is 5.90. The van der Waals surface area contributed by atoms with Crippen molar-refractivity contribution in [3.63, 3.8) is 0 Å². The summed E-state index contributed by atoms with van der Waals surface area (Å²) in [7, 11) is 0. The molecule has 2 aliphatic rings. The highest BCUT2D eigenvalue weighted by atomic mass is 16.7. The summed E-state index contributed by atoms with van der Waals surface area (Å²) in [6.45, 7) is 6.22. The normalized spacial score (nSPS) is 18.7. The van der Waals surface area contributed by atoms with Gasteiger partial charge in [0.1, 0.15) is 0 Å². The van der Waals surface area contributed by atoms with Crippen LogP contribution in [0.4, 0.5) is 0 Å². The largest absolute Gasteiger partial charge is 0.454 e. The summed E-state index contributed by atoms with van der Waals surface area (Å²) >= 11 is 0. The fourth-order valence-corrected chi connectivity index (χ4v) is 2.30. The first-order chi connectivity index (χ1) is 9.43. The van der Waals surface area contributed by atoms with Crippen LogP contribution >= 0.6 is 0 Å². The van der Waals surface area contributed by atoms with E-state index in [4.69, 9.17) is 18.9 Å².